The van der Waals surface area contributed by atoms with Gasteiger partial charge in [-0.15, -0.1) is 0 Å². The molecule has 0 aromatic carbocycles. The van der Waals surface area contributed by atoms with Crippen molar-refractivity contribution in [3.63, 3.8) is 0 Å². The van der Waals surface area contributed by atoms with Crippen molar-refractivity contribution in [1.82, 2.24) is 5.32 Å². The molecule has 1 atom stereocenters. The van der Waals surface area contributed by atoms with E-state index < -0.39 is 17.8 Å². The Bertz CT molecular complexity index is 207. The fraction of sp³-hybridized carbons (Fsp3) is 0.889. The molecular formula is C9H17NO4. The molecule has 1 fully saturated rings. The maximum Gasteiger partial charge on any atom is 0.320 e. The van der Waals surface area contributed by atoms with Gasteiger partial charge in [-0.3, -0.25) is 10.1 Å². The minimum atomic E-state index is -0.866. The number of rotatable bonds is 3. The molecule has 5 heteroatoms. The average molecular weight is 203 g/mol. The van der Waals surface area contributed by atoms with Crippen LogP contribution in [0.2, 0.25) is 0 Å². The number of hydrogen-bond acceptors (Lipinski definition) is 4. The number of aliphatic carboxylic acids is 1. The van der Waals surface area contributed by atoms with Crippen LogP contribution in [0.15, 0.2) is 0 Å². The number of carboxylic acid groups (broad SMARTS) is 1. The van der Waals surface area contributed by atoms with Crippen LogP contribution in [-0.4, -0.2) is 42.2 Å². The zero-order valence-electron chi connectivity index (χ0n) is 8.74. The summed E-state index contributed by atoms with van der Waals surface area (Å²) in [6, 6.07) is -0.623. The van der Waals surface area contributed by atoms with E-state index in [1.807, 2.05) is 13.8 Å². The van der Waals surface area contributed by atoms with Gasteiger partial charge in [0, 0.05) is 0 Å². The molecule has 1 unspecified atom stereocenters. The van der Waals surface area contributed by atoms with E-state index in [0.717, 1.165) is 0 Å². The molecule has 1 aliphatic heterocycles. The molecule has 2 N–H and O–H groups in total. The highest BCUT2D eigenvalue weighted by Gasteiger charge is 2.29. The van der Waals surface area contributed by atoms with Crippen molar-refractivity contribution in [3.05, 3.63) is 0 Å². The molecule has 1 saturated heterocycles. The summed E-state index contributed by atoms with van der Waals surface area (Å²) in [7, 11) is 0. The third kappa shape index (κ3) is 3.25. The van der Waals surface area contributed by atoms with Gasteiger partial charge in [0.05, 0.1) is 19.3 Å². The second kappa shape index (κ2) is 4.25. The highest BCUT2D eigenvalue weighted by atomic mass is 16.7. The zero-order chi connectivity index (χ0) is 10.8. The summed E-state index contributed by atoms with van der Waals surface area (Å²) >= 11 is 0. The molecule has 0 amide bonds. The molecule has 0 spiro atoms. The van der Waals surface area contributed by atoms with Gasteiger partial charge < -0.3 is 14.6 Å². The van der Waals surface area contributed by atoms with E-state index in [2.05, 4.69) is 5.32 Å². The molecule has 0 bridgehead atoms. The lowest BCUT2D eigenvalue weighted by molar-refractivity contribution is -0.253. The zero-order valence-corrected chi connectivity index (χ0v) is 8.74. The predicted molar refractivity (Wildman–Crippen MR) is 50.0 cm³/mol. The molecule has 0 aromatic heterocycles. The van der Waals surface area contributed by atoms with E-state index in [4.69, 9.17) is 14.6 Å². The van der Waals surface area contributed by atoms with Crippen molar-refractivity contribution in [2.24, 2.45) is 0 Å². The summed E-state index contributed by atoms with van der Waals surface area (Å²) in [5, 5.41) is 11.6. The van der Waals surface area contributed by atoms with Crippen molar-refractivity contribution in [3.8, 4) is 0 Å². The predicted octanol–water partition coefficient (Wildman–Crippen LogP) is 0.201. The standard InChI is InChI=1S/C9H17NO4/c1-6(8(11)12)10-7-4-13-9(2,3)14-5-7/h6-7,10H,4-5H2,1-3H3,(H,11,12). The van der Waals surface area contributed by atoms with Crippen LogP contribution in [0.1, 0.15) is 20.8 Å². The first-order valence-corrected chi connectivity index (χ1v) is 4.67. The van der Waals surface area contributed by atoms with Gasteiger partial charge in [0.25, 0.3) is 0 Å². The summed E-state index contributed by atoms with van der Waals surface area (Å²) in [5.41, 5.74) is 0. The summed E-state index contributed by atoms with van der Waals surface area (Å²) in [6.07, 6.45) is 0. The Kier molecular flexibility index (Phi) is 3.47. The molecule has 0 radical (unpaired) electrons. The molecule has 5 nitrogen and oxygen atoms in total. The molecule has 0 aliphatic carbocycles. The molecule has 0 aromatic rings. The minimum Gasteiger partial charge on any atom is -0.480 e. The smallest absolute Gasteiger partial charge is 0.320 e. The van der Waals surface area contributed by atoms with E-state index in [9.17, 15) is 4.79 Å². The topological polar surface area (TPSA) is 67.8 Å². The minimum absolute atomic E-state index is 0.0471. The third-order valence-electron chi connectivity index (χ3n) is 2.12. The average Bonchev–Trinajstić information content (AvgIpc) is 2.08. The second-order valence-electron chi connectivity index (χ2n) is 3.95. The molecule has 1 heterocycles. The van der Waals surface area contributed by atoms with Crippen LogP contribution in [0, 0.1) is 0 Å². The van der Waals surface area contributed by atoms with Crippen molar-refractivity contribution in [1.29, 1.82) is 0 Å². The molecule has 14 heavy (non-hydrogen) atoms. The van der Waals surface area contributed by atoms with Gasteiger partial charge >= 0.3 is 5.97 Å². The highest BCUT2D eigenvalue weighted by molar-refractivity contribution is 5.72. The Labute approximate surface area is 83.4 Å². The Morgan fingerprint density at radius 1 is 1.50 bits per heavy atom. The summed E-state index contributed by atoms with van der Waals surface area (Å²) in [5.74, 6) is -1.42. The first kappa shape index (κ1) is 11.4. The van der Waals surface area contributed by atoms with Crippen LogP contribution in [0.5, 0.6) is 0 Å². The maximum atomic E-state index is 10.6. The quantitative estimate of drug-likeness (QED) is 0.686. The Balaban J connectivity index is 2.32. The third-order valence-corrected chi connectivity index (χ3v) is 2.12. The van der Waals surface area contributed by atoms with Gasteiger partial charge in [0.1, 0.15) is 6.04 Å². The summed E-state index contributed by atoms with van der Waals surface area (Å²) < 4.78 is 10.8. The van der Waals surface area contributed by atoms with Crippen LogP contribution in [0.3, 0.4) is 0 Å². The largest absolute Gasteiger partial charge is 0.480 e. The monoisotopic (exact) mass is 203 g/mol. The number of ether oxygens (including phenoxy) is 2. The van der Waals surface area contributed by atoms with Crippen LogP contribution < -0.4 is 5.32 Å². The SMILES string of the molecule is CC(NC1COC(C)(C)OC1)C(=O)O. The van der Waals surface area contributed by atoms with E-state index in [1.165, 1.54) is 0 Å². The van der Waals surface area contributed by atoms with Crippen LogP contribution in [0.4, 0.5) is 0 Å². The summed E-state index contributed by atoms with van der Waals surface area (Å²) in [6.45, 7) is 6.23. The maximum absolute atomic E-state index is 10.6. The second-order valence-corrected chi connectivity index (χ2v) is 3.95. The van der Waals surface area contributed by atoms with Crippen LogP contribution in [-0.2, 0) is 14.3 Å². The Hall–Kier alpha value is -0.650. The van der Waals surface area contributed by atoms with Crippen molar-refractivity contribution in [2.75, 3.05) is 13.2 Å². The fourth-order valence-corrected chi connectivity index (χ4v) is 1.21. The molecule has 0 saturated carbocycles. The van der Waals surface area contributed by atoms with Gasteiger partial charge in [-0.25, -0.2) is 0 Å². The van der Waals surface area contributed by atoms with Crippen molar-refractivity contribution in [2.45, 2.75) is 38.6 Å². The van der Waals surface area contributed by atoms with Gasteiger partial charge in [-0.2, -0.15) is 0 Å². The molecule has 82 valence electrons. The Morgan fingerprint density at radius 3 is 2.43 bits per heavy atom. The number of hydrogen-bond donors (Lipinski definition) is 2. The van der Waals surface area contributed by atoms with E-state index in [-0.39, 0.29) is 6.04 Å². The normalized spacial score (nSPS) is 24.5. The fourth-order valence-electron chi connectivity index (χ4n) is 1.21. The van der Waals surface area contributed by atoms with Crippen molar-refractivity contribution >= 4 is 5.97 Å². The van der Waals surface area contributed by atoms with E-state index in [1.54, 1.807) is 6.92 Å². The lowest BCUT2D eigenvalue weighted by Crippen LogP contribution is -2.52. The number of carbonyl (C=O) groups is 1. The Morgan fingerprint density at radius 2 is 2.00 bits per heavy atom. The van der Waals surface area contributed by atoms with E-state index >= 15 is 0 Å². The highest BCUT2D eigenvalue weighted by Crippen LogP contribution is 2.16. The van der Waals surface area contributed by atoms with Crippen LogP contribution >= 0.6 is 0 Å². The number of nitrogens with one attached hydrogen (secondary N) is 1. The first-order chi connectivity index (χ1) is 6.41. The lowest BCUT2D eigenvalue weighted by Gasteiger charge is -2.35. The lowest BCUT2D eigenvalue weighted by atomic mass is 10.2. The molecule has 1 aliphatic rings. The summed E-state index contributed by atoms with van der Waals surface area (Å²) in [4.78, 5) is 10.6. The number of carboxylic acids is 1. The first-order valence-electron chi connectivity index (χ1n) is 4.67. The van der Waals surface area contributed by atoms with Gasteiger partial charge in [0.2, 0.25) is 0 Å². The van der Waals surface area contributed by atoms with Gasteiger partial charge in [-0.05, 0) is 20.8 Å². The van der Waals surface area contributed by atoms with E-state index in [0.29, 0.717) is 13.2 Å². The van der Waals surface area contributed by atoms with Crippen molar-refractivity contribution < 1.29 is 19.4 Å². The molecule has 1 rings (SSSR count). The van der Waals surface area contributed by atoms with Crippen LogP contribution in [0.25, 0.3) is 0 Å². The van der Waals surface area contributed by atoms with Gasteiger partial charge in [-0.1, -0.05) is 0 Å². The van der Waals surface area contributed by atoms with Gasteiger partial charge in [0.15, 0.2) is 5.79 Å². The molecular weight excluding hydrogens is 186 g/mol.